The van der Waals surface area contributed by atoms with Gasteiger partial charge in [-0.25, -0.2) is 9.37 Å². The van der Waals surface area contributed by atoms with Gasteiger partial charge in [-0.2, -0.15) is 0 Å². The summed E-state index contributed by atoms with van der Waals surface area (Å²) in [5, 5.41) is -0.204. The molecule has 1 aromatic heterocycles. The summed E-state index contributed by atoms with van der Waals surface area (Å²) in [6.07, 6.45) is 1.14. The van der Waals surface area contributed by atoms with Crippen LogP contribution in [0.5, 0.6) is 11.6 Å². The van der Waals surface area contributed by atoms with Crippen LogP contribution in [0, 0.1) is 5.82 Å². The molecule has 0 bridgehead atoms. The molecule has 7 heteroatoms. The highest BCUT2D eigenvalue weighted by atomic mass is 35.5. The number of ether oxygens (including phenoxy) is 1. The molecule has 0 saturated carbocycles. The van der Waals surface area contributed by atoms with Gasteiger partial charge in [-0.05, 0) is 12.1 Å². The van der Waals surface area contributed by atoms with Crippen molar-refractivity contribution in [1.82, 2.24) is 9.97 Å². The summed E-state index contributed by atoms with van der Waals surface area (Å²) < 4.78 is 18.3. The van der Waals surface area contributed by atoms with Crippen LogP contribution in [0.2, 0.25) is 5.02 Å². The molecule has 1 heterocycles. The molecule has 88 valence electrons. The van der Waals surface area contributed by atoms with Crippen molar-refractivity contribution in [3.05, 3.63) is 45.7 Å². The number of hydrogen-bond acceptors (Lipinski definition) is 4. The van der Waals surface area contributed by atoms with Gasteiger partial charge in [0.1, 0.15) is 11.6 Å². The van der Waals surface area contributed by atoms with Crippen LogP contribution >= 0.6 is 11.6 Å². The standard InChI is InChI=1S/C10H7ClFN3O2/c11-8-9(16)14-4-15-10(8)17-5-1-2-7(13)6(12)3-5/h1-4H,13H2,(H,14,15,16). The summed E-state index contributed by atoms with van der Waals surface area (Å²) in [7, 11) is 0. The van der Waals surface area contributed by atoms with Gasteiger partial charge in [0, 0.05) is 6.07 Å². The van der Waals surface area contributed by atoms with Crippen molar-refractivity contribution in [1.29, 1.82) is 0 Å². The Balaban J connectivity index is 2.35. The lowest BCUT2D eigenvalue weighted by Gasteiger charge is -2.06. The molecule has 0 fully saturated rings. The lowest BCUT2D eigenvalue weighted by atomic mass is 10.3. The van der Waals surface area contributed by atoms with Crippen LogP contribution in [0.4, 0.5) is 10.1 Å². The molecule has 5 nitrogen and oxygen atoms in total. The van der Waals surface area contributed by atoms with Crippen LogP contribution in [-0.4, -0.2) is 9.97 Å². The van der Waals surface area contributed by atoms with Gasteiger partial charge < -0.3 is 15.5 Å². The van der Waals surface area contributed by atoms with Gasteiger partial charge in [-0.3, -0.25) is 4.79 Å². The van der Waals surface area contributed by atoms with Crippen LogP contribution in [0.1, 0.15) is 0 Å². The maximum atomic E-state index is 13.1. The average molecular weight is 256 g/mol. The Morgan fingerprint density at radius 1 is 1.47 bits per heavy atom. The van der Waals surface area contributed by atoms with Crippen LogP contribution < -0.4 is 16.0 Å². The molecule has 2 rings (SSSR count). The van der Waals surface area contributed by atoms with E-state index >= 15 is 0 Å². The number of rotatable bonds is 2. The Morgan fingerprint density at radius 3 is 2.94 bits per heavy atom. The summed E-state index contributed by atoms with van der Waals surface area (Å²) in [5.74, 6) is -0.570. The number of nitrogens with two attached hydrogens (primary N) is 1. The third kappa shape index (κ3) is 2.36. The molecule has 0 aliphatic carbocycles. The Morgan fingerprint density at radius 2 is 2.24 bits per heavy atom. The lowest BCUT2D eigenvalue weighted by Crippen LogP contribution is -2.07. The number of aromatic nitrogens is 2. The fourth-order valence-electron chi connectivity index (χ4n) is 1.12. The third-order valence-corrected chi connectivity index (χ3v) is 2.28. The highest BCUT2D eigenvalue weighted by Gasteiger charge is 2.09. The van der Waals surface area contributed by atoms with Crippen LogP contribution in [0.25, 0.3) is 0 Å². The molecule has 3 N–H and O–H groups in total. The fraction of sp³-hybridized carbons (Fsp3) is 0. The molecular formula is C10H7ClFN3O2. The van der Waals surface area contributed by atoms with Crippen LogP contribution in [0.3, 0.4) is 0 Å². The number of benzene rings is 1. The highest BCUT2D eigenvalue weighted by molar-refractivity contribution is 6.31. The van der Waals surface area contributed by atoms with Crippen molar-refractivity contribution >= 4 is 17.3 Å². The molecule has 0 saturated heterocycles. The first kappa shape index (κ1) is 11.4. The number of nitrogen functional groups attached to an aromatic ring is 1. The predicted molar refractivity (Wildman–Crippen MR) is 60.8 cm³/mol. The first-order valence-corrected chi connectivity index (χ1v) is 4.92. The van der Waals surface area contributed by atoms with E-state index in [1.165, 1.54) is 12.1 Å². The second-order valence-corrected chi connectivity index (χ2v) is 3.51. The Hall–Kier alpha value is -2.08. The van der Waals surface area contributed by atoms with E-state index in [0.717, 1.165) is 12.4 Å². The summed E-state index contributed by atoms with van der Waals surface area (Å²) in [4.78, 5) is 17.1. The zero-order chi connectivity index (χ0) is 12.4. The lowest BCUT2D eigenvalue weighted by molar-refractivity contribution is 0.456. The van der Waals surface area contributed by atoms with Crippen LogP contribution in [-0.2, 0) is 0 Å². The maximum Gasteiger partial charge on any atom is 0.273 e. The number of nitrogens with zero attached hydrogens (tertiary/aromatic N) is 1. The van der Waals surface area contributed by atoms with Crippen molar-refractivity contribution < 1.29 is 9.13 Å². The smallest absolute Gasteiger partial charge is 0.273 e. The molecule has 0 atom stereocenters. The van der Waals surface area contributed by atoms with Crippen LogP contribution in [0.15, 0.2) is 29.3 Å². The number of H-pyrrole nitrogens is 1. The maximum absolute atomic E-state index is 13.1. The SMILES string of the molecule is Nc1ccc(Oc2nc[nH]c(=O)c2Cl)cc1F. The third-order valence-electron chi connectivity index (χ3n) is 1.95. The minimum absolute atomic E-state index is 0.00214. The van der Waals surface area contributed by atoms with E-state index in [1.807, 2.05) is 0 Å². The zero-order valence-electron chi connectivity index (χ0n) is 8.41. The van der Waals surface area contributed by atoms with Gasteiger partial charge in [-0.1, -0.05) is 11.6 Å². The summed E-state index contributed by atoms with van der Waals surface area (Å²) in [5.41, 5.74) is 4.78. The van der Waals surface area contributed by atoms with Crippen molar-refractivity contribution in [2.24, 2.45) is 0 Å². The minimum atomic E-state index is -0.622. The molecular weight excluding hydrogens is 249 g/mol. The van der Waals surface area contributed by atoms with E-state index in [9.17, 15) is 9.18 Å². The van der Waals surface area contributed by atoms with Gasteiger partial charge in [-0.15, -0.1) is 0 Å². The molecule has 0 radical (unpaired) electrons. The number of hydrogen-bond donors (Lipinski definition) is 2. The summed E-state index contributed by atoms with van der Waals surface area (Å²) in [6, 6.07) is 3.86. The van der Waals surface area contributed by atoms with E-state index in [0.29, 0.717) is 0 Å². The van der Waals surface area contributed by atoms with Crippen molar-refractivity contribution in [3.8, 4) is 11.6 Å². The van der Waals surface area contributed by atoms with E-state index in [-0.39, 0.29) is 22.3 Å². The summed E-state index contributed by atoms with van der Waals surface area (Å²) in [6.45, 7) is 0. The van der Waals surface area contributed by atoms with Gasteiger partial charge in [0.2, 0.25) is 5.88 Å². The van der Waals surface area contributed by atoms with E-state index in [4.69, 9.17) is 22.1 Å². The molecule has 2 aromatic rings. The van der Waals surface area contributed by atoms with E-state index in [2.05, 4.69) is 9.97 Å². The predicted octanol–water partition coefficient (Wildman–Crippen LogP) is 1.94. The van der Waals surface area contributed by atoms with Crippen molar-refractivity contribution in [2.75, 3.05) is 5.73 Å². The Bertz CT molecular complexity index is 615. The molecule has 1 aromatic carbocycles. The molecule has 0 spiro atoms. The minimum Gasteiger partial charge on any atom is -0.437 e. The van der Waals surface area contributed by atoms with Crippen molar-refractivity contribution in [3.63, 3.8) is 0 Å². The van der Waals surface area contributed by atoms with Gasteiger partial charge in [0.15, 0.2) is 5.02 Å². The molecule has 17 heavy (non-hydrogen) atoms. The normalized spacial score (nSPS) is 10.2. The monoisotopic (exact) mass is 255 g/mol. The second-order valence-electron chi connectivity index (χ2n) is 3.14. The van der Waals surface area contributed by atoms with Gasteiger partial charge >= 0.3 is 0 Å². The topological polar surface area (TPSA) is 81.0 Å². The van der Waals surface area contributed by atoms with E-state index in [1.54, 1.807) is 0 Å². The molecule has 0 amide bonds. The van der Waals surface area contributed by atoms with Gasteiger partial charge in [0.05, 0.1) is 12.0 Å². The summed E-state index contributed by atoms with van der Waals surface area (Å²) >= 11 is 5.66. The second kappa shape index (κ2) is 4.42. The fourth-order valence-corrected chi connectivity index (χ4v) is 1.26. The number of nitrogens with one attached hydrogen (secondary N) is 1. The zero-order valence-corrected chi connectivity index (χ0v) is 9.16. The Kier molecular flexibility index (Phi) is 2.97. The number of halogens is 2. The average Bonchev–Trinajstić information content (AvgIpc) is 2.30. The highest BCUT2D eigenvalue weighted by Crippen LogP contribution is 2.25. The number of aromatic amines is 1. The largest absolute Gasteiger partial charge is 0.437 e. The number of anilines is 1. The van der Waals surface area contributed by atoms with E-state index < -0.39 is 11.4 Å². The quantitative estimate of drug-likeness (QED) is 0.804. The Labute approximate surface area is 100 Å². The van der Waals surface area contributed by atoms with Gasteiger partial charge in [0.25, 0.3) is 5.56 Å². The molecule has 0 unspecified atom stereocenters. The first-order chi connectivity index (χ1) is 8.08. The van der Waals surface area contributed by atoms with Crippen molar-refractivity contribution in [2.45, 2.75) is 0 Å². The molecule has 0 aliphatic heterocycles. The molecule has 0 aliphatic rings. The first-order valence-electron chi connectivity index (χ1n) is 4.54.